The van der Waals surface area contributed by atoms with Gasteiger partial charge in [-0.1, -0.05) is 39.0 Å². The number of hydrogen-bond donors (Lipinski definition) is 0. The third-order valence-electron chi connectivity index (χ3n) is 2.40. The molecule has 1 heterocycles. The molecule has 0 spiro atoms. The number of nitrogens with zero attached hydrogens (tertiary/aromatic N) is 1. The summed E-state index contributed by atoms with van der Waals surface area (Å²) < 4.78 is 0. The normalized spacial score (nSPS) is 22.0. The second kappa shape index (κ2) is 6.47. The fourth-order valence-electron chi connectivity index (χ4n) is 1.61. The maximum atomic E-state index is 4.59. The fraction of sp³-hybridized carbons (Fsp3) is 0.909. The van der Waals surface area contributed by atoms with Crippen LogP contribution in [0.1, 0.15) is 52.4 Å². The maximum absolute atomic E-state index is 4.59. The van der Waals surface area contributed by atoms with Gasteiger partial charge in [0.1, 0.15) is 0 Å². The zero-order chi connectivity index (χ0) is 9.52. The molecule has 1 nitrogen and oxygen atoms in total. The van der Waals surface area contributed by atoms with Crippen LogP contribution in [0.25, 0.3) is 0 Å². The van der Waals surface area contributed by atoms with E-state index in [1.165, 1.54) is 50.0 Å². The van der Waals surface area contributed by atoms with Gasteiger partial charge in [-0.2, -0.15) is 0 Å². The number of rotatable bonds is 6. The Morgan fingerprint density at radius 3 is 2.69 bits per heavy atom. The molecule has 0 radical (unpaired) electrons. The molecule has 0 aromatic carbocycles. The van der Waals surface area contributed by atoms with Crippen molar-refractivity contribution < 1.29 is 0 Å². The van der Waals surface area contributed by atoms with Crippen LogP contribution in [-0.4, -0.2) is 16.8 Å². The molecule has 76 valence electrons. The summed E-state index contributed by atoms with van der Waals surface area (Å²) in [6.45, 7) is 4.41. The van der Waals surface area contributed by atoms with Crippen LogP contribution < -0.4 is 0 Å². The predicted octanol–water partition coefficient (Wildman–Crippen LogP) is 3.88. The summed E-state index contributed by atoms with van der Waals surface area (Å²) in [5.41, 5.74) is 1.34. The Kier molecular flexibility index (Phi) is 5.52. The Morgan fingerprint density at radius 1 is 1.31 bits per heavy atom. The molecule has 0 aliphatic carbocycles. The summed E-state index contributed by atoms with van der Waals surface area (Å²) in [6, 6.07) is 0. The Balaban J connectivity index is 1.94. The van der Waals surface area contributed by atoms with E-state index >= 15 is 0 Å². The Labute approximate surface area is 86.4 Å². The van der Waals surface area contributed by atoms with E-state index in [1.54, 1.807) is 0 Å². The van der Waals surface area contributed by atoms with E-state index in [0.717, 1.165) is 0 Å². The minimum absolute atomic E-state index is 0.599. The van der Waals surface area contributed by atoms with Crippen LogP contribution in [0, 0.1) is 0 Å². The number of hydrogen-bond acceptors (Lipinski definition) is 2. The van der Waals surface area contributed by atoms with Crippen LogP contribution in [0.2, 0.25) is 0 Å². The van der Waals surface area contributed by atoms with E-state index in [9.17, 15) is 0 Å². The van der Waals surface area contributed by atoms with Gasteiger partial charge in [-0.05, 0) is 13.3 Å². The van der Waals surface area contributed by atoms with Crippen LogP contribution in [0.3, 0.4) is 0 Å². The van der Waals surface area contributed by atoms with Crippen molar-refractivity contribution >= 4 is 17.5 Å². The monoisotopic (exact) mass is 199 g/mol. The Hall–Kier alpha value is 0.0200. The topological polar surface area (TPSA) is 12.4 Å². The SMILES string of the molecule is CCCCCCCC1N=C(C)CS1. The molecule has 1 unspecified atom stereocenters. The van der Waals surface area contributed by atoms with Crippen LogP contribution in [0.5, 0.6) is 0 Å². The van der Waals surface area contributed by atoms with E-state index in [2.05, 4.69) is 18.8 Å². The third-order valence-corrected chi connectivity index (χ3v) is 3.71. The molecular formula is C11H21NS. The van der Waals surface area contributed by atoms with Crippen LogP contribution in [0.15, 0.2) is 4.99 Å². The molecule has 1 rings (SSSR count). The van der Waals surface area contributed by atoms with Gasteiger partial charge in [-0.15, -0.1) is 11.8 Å². The van der Waals surface area contributed by atoms with Gasteiger partial charge in [-0.25, -0.2) is 0 Å². The van der Waals surface area contributed by atoms with Gasteiger partial charge in [0.25, 0.3) is 0 Å². The molecule has 2 heteroatoms. The Morgan fingerprint density at radius 2 is 2.08 bits per heavy atom. The molecule has 1 aliphatic rings. The van der Waals surface area contributed by atoms with Crippen molar-refractivity contribution in [1.82, 2.24) is 0 Å². The minimum atomic E-state index is 0.599. The lowest BCUT2D eigenvalue weighted by Gasteiger charge is -2.04. The molecule has 0 aromatic heterocycles. The molecule has 0 fully saturated rings. The van der Waals surface area contributed by atoms with E-state index in [1.807, 2.05) is 11.8 Å². The highest BCUT2D eigenvalue weighted by Crippen LogP contribution is 2.25. The number of aliphatic imine (C=N–C) groups is 1. The van der Waals surface area contributed by atoms with Gasteiger partial charge >= 0.3 is 0 Å². The number of thioether (sulfide) groups is 1. The molecule has 1 atom stereocenters. The van der Waals surface area contributed by atoms with Crippen LogP contribution in [-0.2, 0) is 0 Å². The molecule has 0 amide bonds. The van der Waals surface area contributed by atoms with E-state index in [0.29, 0.717) is 5.37 Å². The largest absolute Gasteiger partial charge is 0.279 e. The molecule has 1 aliphatic heterocycles. The first-order valence-electron chi connectivity index (χ1n) is 5.48. The minimum Gasteiger partial charge on any atom is -0.279 e. The highest BCUT2D eigenvalue weighted by Gasteiger charge is 2.13. The lowest BCUT2D eigenvalue weighted by molar-refractivity contribution is 0.603. The molecule has 0 N–H and O–H groups in total. The summed E-state index contributed by atoms with van der Waals surface area (Å²) in [5, 5.41) is 0.599. The van der Waals surface area contributed by atoms with Gasteiger partial charge in [0.2, 0.25) is 0 Å². The van der Waals surface area contributed by atoms with Gasteiger partial charge in [0.15, 0.2) is 0 Å². The molecule has 0 saturated heterocycles. The van der Waals surface area contributed by atoms with Gasteiger partial charge in [-0.3, -0.25) is 4.99 Å². The Bertz CT molecular complexity index is 165. The van der Waals surface area contributed by atoms with E-state index in [4.69, 9.17) is 0 Å². The predicted molar refractivity (Wildman–Crippen MR) is 62.7 cm³/mol. The summed E-state index contributed by atoms with van der Waals surface area (Å²) in [4.78, 5) is 4.59. The van der Waals surface area contributed by atoms with Crippen molar-refractivity contribution in [1.29, 1.82) is 0 Å². The summed E-state index contributed by atoms with van der Waals surface area (Å²) in [5.74, 6) is 1.17. The second-order valence-electron chi connectivity index (χ2n) is 3.83. The lowest BCUT2D eigenvalue weighted by Crippen LogP contribution is -1.93. The highest BCUT2D eigenvalue weighted by molar-refractivity contribution is 8.00. The molecular weight excluding hydrogens is 178 g/mol. The summed E-state index contributed by atoms with van der Waals surface area (Å²) >= 11 is 2.01. The van der Waals surface area contributed by atoms with Crippen molar-refractivity contribution in [2.75, 3.05) is 5.75 Å². The van der Waals surface area contributed by atoms with Gasteiger partial charge in [0.05, 0.1) is 5.37 Å². The first kappa shape index (κ1) is 11.1. The molecule has 0 aromatic rings. The lowest BCUT2D eigenvalue weighted by atomic mass is 10.1. The average molecular weight is 199 g/mol. The van der Waals surface area contributed by atoms with Crippen molar-refractivity contribution in [3.8, 4) is 0 Å². The summed E-state index contributed by atoms with van der Waals surface area (Å²) in [6.07, 6.45) is 8.23. The molecule has 13 heavy (non-hydrogen) atoms. The zero-order valence-corrected chi connectivity index (χ0v) is 9.70. The van der Waals surface area contributed by atoms with Crippen molar-refractivity contribution in [3.63, 3.8) is 0 Å². The fourth-order valence-corrected chi connectivity index (χ4v) is 2.70. The van der Waals surface area contributed by atoms with Crippen LogP contribution in [0.4, 0.5) is 0 Å². The standard InChI is InChI=1S/C11H21NS/c1-3-4-5-6-7-8-11-12-10(2)9-13-11/h11H,3-9H2,1-2H3. The number of unbranched alkanes of at least 4 members (excludes halogenated alkanes) is 4. The molecule has 0 bridgehead atoms. The van der Waals surface area contributed by atoms with Crippen molar-refractivity contribution in [3.05, 3.63) is 0 Å². The quantitative estimate of drug-likeness (QED) is 0.591. The highest BCUT2D eigenvalue weighted by atomic mass is 32.2. The third kappa shape index (κ3) is 4.70. The first-order chi connectivity index (χ1) is 6.33. The van der Waals surface area contributed by atoms with Crippen molar-refractivity contribution in [2.24, 2.45) is 4.99 Å². The maximum Gasteiger partial charge on any atom is 0.0954 e. The smallest absolute Gasteiger partial charge is 0.0954 e. The summed E-state index contributed by atoms with van der Waals surface area (Å²) in [7, 11) is 0. The zero-order valence-electron chi connectivity index (χ0n) is 8.88. The molecule has 0 saturated carbocycles. The average Bonchev–Trinajstić information content (AvgIpc) is 2.51. The second-order valence-corrected chi connectivity index (χ2v) is 5.00. The van der Waals surface area contributed by atoms with Gasteiger partial charge < -0.3 is 0 Å². The van der Waals surface area contributed by atoms with Gasteiger partial charge in [0, 0.05) is 11.5 Å². The van der Waals surface area contributed by atoms with Crippen molar-refractivity contribution in [2.45, 2.75) is 57.7 Å². The van der Waals surface area contributed by atoms with E-state index in [-0.39, 0.29) is 0 Å². The van der Waals surface area contributed by atoms with Crippen LogP contribution >= 0.6 is 11.8 Å². The van der Waals surface area contributed by atoms with E-state index < -0.39 is 0 Å². The first-order valence-corrected chi connectivity index (χ1v) is 6.52.